The smallest absolute Gasteiger partial charge is 0.224 e. The highest BCUT2D eigenvalue weighted by Gasteiger charge is 2.19. The zero-order valence-electron chi connectivity index (χ0n) is 21.1. The Kier molecular flexibility index (Phi) is 6.07. The Morgan fingerprint density at radius 3 is 2.69 bits per heavy atom. The first-order chi connectivity index (χ1) is 18.9. The number of amides is 1. The predicted octanol–water partition coefficient (Wildman–Crippen LogP) is 6.49. The molecule has 6 rings (SSSR count). The molecule has 0 bridgehead atoms. The van der Waals surface area contributed by atoms with Gasteiger partial charge in [-0.2, -0.15) is 5.10 Å². The molecule has 10 heteroatoms. The Labute approximate surface area is 221 Å². The topological polar surface area (TPSA) is 112 Å². The molecule has 39 heavy (non-hydrogen) atoms. The van der Waals surface area contributed by atoms with Crippen LogP contribution >= 0.6 is 0 Å². The fourth-order valence-electron chi connectivity index (χ4n) is 4.57. The van der Waals surface area contributed by atoms with Crippen molar-refractivity contribution in [1.29, 1.82) is 0 Å². The van der Waals surface area contributed by atoms with Gasteiger partial charge >= 0.3 is 0 Å². The number of aromatic nitrogens is 6. The Morgan fingerprint density at radius 1 is 1.00 bits per heavy atom. The number of benzene rings is 2. The summed E-state index contributed by atoms with van der Waals surface area (Å²) < 4.78 is 29.1. The molecule has 1 amide bonds. The number of carbonyl (C=O) groups excluding carboxylic acids is 1. The van der Waals surface area contributed by atoms with Crippen LogP contribution in [0.2, 0.25) is 0 Å². The third-order valence-corrected chi connectivity index (χ3v) is 6.30. The van der Waals surface area contributed by atoms with Crippen LogP contribution < -0.4 is 5.32 Å². The number of imidazole rings is 1. The van der Waals surface area contributed by atoms with Crippen molar-refractivity contribution in [3.05, 3.63) is 78.8 Å². The highest BCUT2D eigenvalue weighted by molar-refractivity contribution is 5.98. The molecule has 8 nitrogen and oxygen atoms in total. The van der Waals surface area contributed by atoms with E-state index in [0.717, 1.165) is 0 Å². The monoisotopic (exact) mass is 523 g/mol. The molecule has 4 heterocycles. The van der Waals surface area contributed by atoms with E-state index in [4.69, 9.17) is 4.98 Å². The van der Waals surface area contributed by atoms with E-state index in [9.17, 15) is 9.18 Å². The van der Waals surface area contributed by atoms with Crippen LogP contribution in [0, 0.1) is 17.6 Å². The molecule has 0 fully saturated rings. The summed E-state index contributed by atoms with van der Waals surface area (Å²) in [5.41, 5.74) is 4.72. The molecular formula is C29H23F2N7O. The molecule has 0 spiro atoms. The van der Waals surface area contributed by atoms with Gasteiger partial charge in [0.1, 0.15) is 22.5 Å². The number of anilines is 1. The van der Waals surface area contributed by atoms with Crippen LogP contribution in [-0.2, 0) is 4.79 Å². The van der Waals surface area contributed by atoms with Crippen molar-refractivity contribution in [2.24, 2.45) is 5.92 Å². The molecule has 0 radical (unpaired) electrons. The van der Waals surface area contributed by atoms with Crippen molar-refractivity contribution < 1.29 is 13.6 Å². The van der Waals surface area contributed by atoms with Gasteiger partial charge in [-0.1, -0.05) is 26.0 Å². The number of nitrogens with zero attached hydrogens (tertiary/aromatic N) is 4. The van der Waals surface area contributed by atoms with Gasteiger partial charge in [-0.15, -0.1) is 0 Å². The minimum Gasteiger partial charge on any atom is -0.337 e. The summed E-state index contributed by atoms with van der Waals surface area (Å²) in [5.74, 6) is -0.349. The van der Waals surface area contributed by atoms with Gasteiger partial charge in [0.2, 0.25) is 5.91 Å². The van der Waals surface area contributed by atoms with Crippen molar-refractivity contribution in [3.63, 3.8) is 0 Å². The van der Waals surface area contributed by atoms with Gasteiger partial charge in [-0.3, -0.25) is 19.9 Å². The van der Waals surface area contributed by atoms with E-state index in [0.29, 0.717) is 62.4 Å². The van der Waals surface area contributed by atoms with Gasteiger partial charge in [0.05, 0.1) is 23.1 Å². The lowest BCUT2D eigenvalue weighted by molar-refractivity contribution is -0.116. The number of rotatable bonds is 6. The molecule has 6 aromatic rings. The summed E-state index contributed by atoms with van der Waals surface area (Å²) in [6.45, 7) is 3.94. The van der Waals surface area contributed by atoms with Crippen LogP contribution in [0.1, 0.15) is 20.3 Å². The third kappa shape index (κ3) is 4.72. The molecule has 0 unspecified atom stereocenters. The maximum atomic E-state index is 15.2. The molecule has 2 aromatic carbocycles. The minimum atomic E-state index is -0.516. The largest absolute Gasteiger partial charge is 0.337 e. The number of aromatic amines is 2. The highest BCUT2D eigenvalue weighted by Crippen LogP contribution is 2.34. The summed E-state index contributed by atoms with van der Waals surface area (Å²) in [6, 6.07) is 12.9. The lowest BCUT2D eigenvalue weighted by Gasteiger charge is -2.09. The lowest BCUT2D eigenvalue weighted by atomic mass is 10.0. The van der Waals surface area contributed by atoms with Crippen LogP contribution in [0.25, 0.3) is 55.8 Å². The maximum absolute atomic E-state index is 15.2. The summed E-state index contributed by atoms with van der Waals surface area (Å²) >= 11 is 0. The average Bonchev–Trinajstić information content (AvgIpc) is 3.52. The normalized spacial score (nSPS) is 11.5. The summed E-state index contributed by atoms with van der Waals surface area (Å²) in [5, 5.41) is 10.4. The van der Waals surface area contributed by atoms with Crippen molar-refractivity contribution in [3.8, 4) is 33.9 Å². The van der Waals surface area contributed by atoms with Gasteiger partial charge in [-0.25, -0.2) is 13.8 Å². The molecule has 0 aliphatic heterocycles. The van der Waals surface area contributed by atoms with Crippen LogP contribution in [0.4, 0.5) is 14.5 Å². The second-order valence-corrected chi connectivity index (χ2v) is 9.71. The van der Waals surface area contributed by atoms with E-state index >= 15 is 4.39 Å². The number of H-pyrrole nitrogens is 2. The van der Waals surface area contributed by atoms with Gasteiger partial charge in [-0.05, 0) is 47.9 Å². The number of pyridine rings is 2. The van der Waals surface area contributed by atoms with Gasteiger partial charge in [0.15, 0.2) is 11.6 Å². The Hall–Kier alpha value is -4.99. The first kappa shape index (κ1) is 24.4. The molecule has 194 valence electrons. The van der Waals surface area contributed by atoms with Crippen LogP contribution in [0.15, 0.2) is 67.1 Å². The molecular weight excluding hydrogens is 500 g/mol. The van der Waals surface area contributed by atoms with Gasteiger partial charge in [0.25, 0.3) is 0 Å². The number of fused-ring (bicyclic) bond motifs is 2. The molecule has 0 aliphatic rings. The molecule has 0 saturated carbocycles. The zero-order valence-corrected chi connectivity index (χ0v) is 21.1. The fraction of sp³-hybridized carbons (Fsp3) is 0.138. The first-order valence-electron chi connectivity index (χ1n) is 12.4. The Morgan fingerprint density at radius 2 is 1.87 bits per heavy atom. The third-order valence-electron chi connectivity index (χ3n) is 6.30. The molecule has 0 atom stereocenters. The van der Waals surface area contributed by atoms with Crippen LogP contribution in [-0.4, -0.2) is 36.0 Å². The van der Waals surface area contributed by atoms with E-state index in [-0.39, 0.29) is 23.2 Å². The quantitative estimate of drug-likeness (QED) is 0.231. The fourth-order valence-corrected chi connectivity index (χ4v) is 4.57. The summed E-state index contributed by atoms with van der Waals surface area (Å²) in [7, 11) is 0. The van der Waals surface area contributed by atoms with Crippen molar-refractivity contribution in [2.45, 2.75) is 20.3 Å². The zero-order chi connectivity index (χ0) is 27.1. The van der Waals surface area contributed by atoms with E-state index in [1.165, 1.54) is 18.2 Å². The number of nitrogens with one attached hydrogen (secondary N) is 3. The predicted molar refractivity (Wildman–Crippen MR) is 146 cm³/mol. The molecule has 4 aromatic heterocycles. The number of halogens is 2. The van der Waals surface area contributed by atoms with E-state index in [1.54, 1.807) is 48.9 Å². The van der Waals surface area contributed by atoms with E-state index in [2.05, 4.69) is 30.5 Å². The lowest BCUT2D eigenvalue weighted by Crippen LogP contribution is -2.13. The second kappa shape index (κ2) is 9.71. The summed E-state index contributed by atoms with van der Waals surface area (Å²) in [6.07, 6.45) is 5.17. The maximum Gasteiger partial charge on any atom is 0.224 e. The van der Waals surface area contributed by atoms with Crippen LogP contribution in [0.5, 0.6) is 0 Å². The molecule has 0 aliphatic carbocycles. The van der Waals surface area contributed by atoms with Gasteiger partial charge < -0.3 is 10.3 Å². The van der Waals surface area contributed by atoms with E-state index < -0.39 is 5.82 Å². The number of carbonyl (C=O) groups is 1. The average molecular weight is 524 g/mol. The van der Waals surface area contributed by atoms with Crippen molar-refractivity contribution in [2.75, 3.05) is 5.32 Å². The Bertz CT molecular complexity index is 1860. The second-order valence-electron chi connectivity index (χ2n) is 9.71. The number of hydrogen-bond acceptors (Lipinski definition) is 5. The van der Waals surface area contributed by atoms with Gasteiger partial charge in [0, 0.05) is 35.3 Å². The molecule has 0 saturated heterocycles. The summed E-state index contributed by atoms with van der Waals surface area (Å²) in [4.78, 5) is 28.8. The molecule has 3 N–H and O–H groups in total. The van der Waals surface area contributed by atoms with Crippen LogP contribution in [0.3, 0.4) is 0 Å². The highest BCUT2D eigenvalue weighted by atomic mass is 19.1. The van der Waals surface area contributed by atoms with Crippen molar-refractivity contribution >= 4 is 33.5 Å². The SMILES string of the molecule is CC(C)CC(=O)Nc1cncc(-c2cc(F)c3n[nH]c(-c4nc5c(-c6cccc(F)c6)nccc5[nH]4)c3c2)c1. The standard InChI is InChI=1S/C29H23F2N7O/c1-15(2)8-24(39)34-20-10-18(13-32-14-20)17-11-21-26(22(31)12-17)37-38-27(21)29-35-23-6-7-33-25(28(23)36-29)16-4-3-5-19(30)9-16/h3-7,9-15H,8H2,1-2H3,(H,34,39)(H,35,36)(H,37,38). The van der Waals surface area contributed by atoms with Crippen molar-refractivity contribution in [1.82, 2.24) is 30.1 Å². The minimum absolute atomic E-state index is 0.111. The number of hydrogen-bond donors (Lipinski definition) is 3. The van der Waals surface area contributed by atoms with E-state index in [1.807, 2.05) is 13.8 Å². The Balaban J connectivity index is 1.41. The first-order valence-corrected chi connectivity index (χ1v) is 12.4.